The Balaban J connectivity index is 1.68. The van der Waals surface area contributed by atoms with Gasteiger partial charge in [0.05, 0.1) is 0 Å². The molecule has 0 bridgehead atoms. The Morgan fingerprint density at radius 2 is 0.786 bits per heavy atom. The molecule has 0 aliphatic heterocycles. The van der Waals surface area contributed by atoms with E-state index in [1.165, 1.54) is 11.3 Å². The highest BCUT2D eigenvalue weighted by Gasteiger charge is 2.12. The van der Waals surface area contributed by atoms with E-state index in [0.29, 0.717) is 0 Å². The highest BCUT2D eigenvalue weighted by molar-refractivity contribution is 5.77. The first kappa shape index (κ1) is 17.9. The monoisotopic (exact) mass is 364 g/mol. The van der Waals surface area contributed by atoms with Gasteiger partial charge in [0, 0.05) is 35.5 Å². The lowest BCUT2D eigenvalue weighted by Gasteiger charge is -2.26. The first-order valence-electron chi connectivity index (χ1n) is 9.53. The molecule has 0 unspecified atom stereocenters. The van der Waals surface area contributed by atoms with Gasteiger partial charge in [-0.05, 0) is 67.6 Å². The largest absolute Gasteiger partial charge is 0.345 e. The molecule has 0 aliphatic rings. The van der Waals surface area contributed by atoms with Gasteiger partial charge in [-0.15, -0.1) is 0 Å². The van der Waals surface area contributed by atoms with E-state index in [4.69, 9.17) is 0 Å². The Morgan fingerprint density at radius 3 is 1.25 bits per heavy atom. The van der Waals surface area contributed by atoms with Crippen LogP contribution in [0.3, 0.4) is 0 Å². The van der Waals surface area contributed by atoms with Crippen LogP contribution in [0.4, 0.5) is 28.4 Å². The number of nitrogens with zero attached hydrogens (tertiary/aromatic N) is 2. The van der Waals surface area contributed by atoms with Crippen LogP contribution in [-0.2, 0) is 0 Å². The molecule has 4 aromatic rings. The maximum absolute atomic E-state index is 2.27. The van der Waals surface area contributed by atoms with Crippen LogP contribution in [-0.4, -0.2) is 7.05 Å². The second-order valence-corrected chi connectivity index (χ2v) is 6.92. The van der Waals surface area contributed by atoms with Crippen molar-refractivity contribution in [3.05, 3.63) is 115 Å². The molecule has 0 amide bonds. The third-order valence-electron chi connectivity index (χ3n) is 4.95. The molecule has 2 heteroatoms. The Morgan fingerprint density at radius 1 is 0.429 bits per heavy atom. The van der Waals surface area contributed by atoms with Gasteiger partial charge in [0.25, 0.3) is 0 Å². The smallest absolute Gasteiger partial charge is 0.0463 e. The molecule has 0 radical (unpaired) electrons. The topological polar surface area (TPSA) is 6.48 Å². The molecule has 0 aliphatic carbocycles. The third kappa shape index (κ3) is 3.77. The van der Waals surface area contributed by atoms with E-state index >= 15 is 0 Å². The zero-order chi connectivity index (χ0) is 19.3. The van der Waals surface area contributed by atoms with Crippen LogP contribution in [0, 0.1) is 6.92 Å². The second-order valence-electron chi connectivity index (χ2n) is 6.92. The van der Waals surface area contributed by atoms with E-state index in [1.54, 1.807) is 0 Å². The van der Waals surface area contributed by atoms with Gasteiger partial charge in [0.15, 0.2) is 0 Å². The average Bonchev–Trinajstić information content (AvgIpc) is 2.76. The van der Waals surface area contributed by atoms with E-state index in [-0.39, 0.29) is 0 Å². The summed E-state index contributed by atoms with van der Waals surface area (Å²) >= 11 is 0. The van der Waals surface area contributed by atoms with Crippen molar-refractivity contribution in [2.45, 2.75) is 6.92 Å². The third-order valence-corrected chi connectivity index (χ3v) is 4.95. The van der Waals surface area contributed by atoms with E-state index in [2.05, 4.69) is 121 Å². The number of aryl methyl sites for hydroxylation is 1. The summed E-state index contributed by atoms with van der Waals surface area (Å²) in [4.78, 5) is 4.48. The number of rotatable bonds is 5. The molecule has 0 N–H and O–H groups in total. The Hall–Kier alpha value is -3.52. The first-order valence-corrected chi connectivity index (χ1v) is 9.53. The predicted molar refractivity (Wildman–Crippen MR) is 120 cm³/mol. The Bertz CT molecular complexity index is 968. The van der Waals surface area contributed by atoms with Gasteiger partial charge in [0.2, 0.25) is 0 Å². The number of hydrogen-bond donors (Lipinski definition) is 0. The summed E-state index contributed by atoms with van der Waals surface area (Å²) in [6.07, 6.45) is 0. The van der Waals surface area contributed by atoms with Gasteiger partial charge in [-0.1, -0.05) is 54.1 Å². The molecule has 0 fully saturated rings. The predicted octanol–water partition coefficient (Wildman–Crippen LogP) is 7.23. The van der Waals surface area contributed by atoms with E-state index in [1.807, 2.05) is 12.1 Å². The van der Waals surface area contributed by atoms with Crippen LogP contribution in [0.5, 0.6) is 0 Å². The van der Waals surface area contributed by atoms with Gasteiger partial charge >= 0.3 is 0 Å². The lowest BCUT2D eigenvalue weighted by atomic mass is 10.1. The molecule has 0 heterocycles. The molecular weight excluding hydrogens is 340 g/mol. The quantitative estimate of drug-likeness (QED) is 0.368. The van der Waals surface area contributed by atoms with E-state index in [9.17, 15) is 0 Å². The van der Waals surface area contributed by atoms with Crippen molar-refractivity contribution >= 4 is 28.4 Å². The second kappa shape index (κ2) is 8.01. The summed E-state index contributed by atoms with van der Waals surface area (Å²) in [7, 11) is 2.10. The molecule has 0 saturated heterocycles. The molecule has 0 saturated carbocycles. The number of anilines is 5. The summed E-state index contributed by atoms with van der Waals surface area (Å²) in [5.41, 5.74) is 7.05. The fraction of sp³-hybridized carbons (Fsp3) is 0.0769. The lowest BCUT2D eigenvalue weighted by molar-refractivity contribution is 1.20. The number of benzene rings is 4. The van der Waals surface area contributed by atoms with E-state index < -0.39 is 0 Å². The molecule has 0 aromatic heterocycles. The Labute approximate surface area is 167 Å². The van der Waals surface area contributed by atoms with Crippen molar-refractivity contribution in [1.82, 2.24) is 0 Å². The minimum Gasteiger partial charge on any atom is -0.345 e. The maximum Gasteiger partial charge on any atom is 0.0463 e. The van der Waals surface area contributed by atoms with Crippen LogP contribution in [0.2, 0.25) is 0 Å². The summed E-state index contributed by atoms with van der Waals surface area (Å²) in [5, 5.41) is 0. The van der Waals surface area contributed by atoms with Crippen molar-refractivity contribution < 1.29 is 0 Å². The van der Waals surface area contributed by atoms with Crippen LogP contribution in [0.15, 0.2) is 109 Å². The maximum atomic E-state index is 2.27. The molecule has 4 rings (SSSR count). The van der Waals surface area contributed by atoms with Gasteiger partial charge in [-0.2, -0.15) is 0 Å². The number of hydrogen-bond acceptors (Lipinski definition) is 2. The summed E-state index contributed by atoms with van der Waals surface area (Å²) in [5.74, 6) is 0. The average molecular weight is 364 g/mol. The van der Waals surface area contributed by atoms with Crippen molar-refractivity contribution in [1.29, 1.82) is 0 Å². The molecule has 138 valence electrons. The van der Waals surface area contributed by atoms with Gasteiger partial charge in [-0.25, -0.2) is 0 Å². The first-order chi connectivity index (χ1) is 13.7. The SMILES string of the molecule is Cc1ccc(N(C)c2ccc(N(c3ccccc3)c3ccccc3)cc2)cc1. The van der Waals surface area contributed by atoms with Gasteiger partial charge in [0.1, 0.15) is 0 Å². The summed E-state index contributed by atoms with van der Waals surface area (Å²) < 4.78 is 0. The summed E-state index contributed by atoms with van der Waals surface area (Å²) in [6, 6.07) is 38.3. The standard InChI is InChI=1S/C26H24N2/c1-21-13-15-22(16-14-21)27(2)23-17-19-26(20-18-23)28(24-9-5-3-6-10-24)25-11-7-4-8-12-25/h3-20H,1-2H3. The highest BCUT2D eigenvalue weighted by Crippen LogP contribution is 2.35. The molecular formula is C26H24N2. The zero-order valence-electron chi connectivity index (χ0n) is 16.3. The van der Waals surface area contributed by atoms with Gasteiger partial charge < -0.3 is 9.80 Å². The molecule has 28 heavy (non-hydrogen) atoms. The molecule has 2 nitrogen and oxygen atoms in total. The van der Waals surface area contributed by atoms with Crippen molar-refractivity contribution in [3.63, 3.8) is 0 Å². The molecule has 0 spiro atoms. The zero-order valence-corrected chi connectivity index (χ0v) is 16.3. The van der Waals surface area contributed by atoms with Crippen LogP contribution in [0.25, 0.3) is 0 Å². The molecule has 4 aromatic carbocycles. The normalized spacial score (nSPS) is 10.5. The molecule has 0 atom stereocenters. The minimum atomic E-state index is 1.14. The Kier molecular flexibility index (Phi) is 5.11. The van der Waals surface area contributed by atoms with Crippen LogP contribution in [0.1, 0.15) is 5.56 Å². The van der Waals surface area contributed by atoms with Crippen molar-refractivity contribution in [2.75, 3.05) is 16.8 Å². The van der Waals surface area contributed by atoms with Gasteiger partial charge in [-0.3, -0.25) is 0 Å². The fourth-order valence-electron chi connectivity index (χ4n) is 3.34. The van der Waals surface area contributed by atoms with Crippen molar-refractivity contribution in [2.24, 2.45) is 0 Å². The summed E-state index contributed by atoms with van der Waals surface area (Å²) in [6.45, 7) is 2.11. The minimum absolute atomic E-state index is 1.14. The van der Waals surface area contributed by atoms with Crippen molar-refractivity contribution in [3.8, 4) is 0 Å². The van der Waals surface area contributed by atoms with E-state index in [0.717, 1.165) is 22.7 Å². The number of para-hydroxylation sites is 2. The fourth-order valence-corrected chi connectivity index (χ4v) is 3.34. The van der Waals surface area contributed by atoms with Crippen LogP contribution >= 0.6 is 0 Å². The lowest BCUT2D eigenvalue weighted by Crippen LogP contribution is -2.11. The van der Waals surface area contributed by atoms with Crippen LogP contribution < -0.4 is 9.80 Å². The highest BCUT2D eigenvalue weighted by atomic mass is 15.1.